The highest BCUT2D eigenvalue weighted by molar-refractivity contribution is 5.89. The van der Waals surface area contributed by atoms with Gasteiger partial charge in [0.05, 0.1) is 6.61 Å². The van der Waals surface area contributed by atoms with Crippen molar-refractivity contribution < 1.29 is 38.8 Å². The van der Waals surface area contributed by atoms with Gasteiger partial charge in [-0.25, -0.2) is 4.57 Å². The predicted molar refractivity (Wildman–Crippen MR) is 106 cm³/mol. The maximum atomic E-state index is 9.11. The zero-order valence-electron chi connectivity index (χ0n) is 16.0. The molecular formula is C23H27IN2O2. The number of aliphatic hydroxyl groups is 2. The van der Waals surface area contributed by atoms with Crippen molar-refractivity contribution in [1.82, 2.24) is 4.90 Å². The molecule has 148 valence electrons. The van der Waals surface area contributed by atoms with E-state index in [4.69, 9.17) is 10.2 Å². The molecule has 1 aromatic heterocycles. The lowest BCUT2D eigenvalue weighted by Gasteiger charge is -2.20. The number of allylic oxidation sites excluding steroid dienone is 8. The molecule has 1 aromatic rings. The van der Waals surface area contributed by atoms with E-state index in [1.165, 1.54) is 46.3 Å². The second kappa shape index (κ2) is 9.67. The van der Waals surface area contributed by atoms with E-state index in [-0.39, 0.29) is 37.2 Å². The molecule has 0 saturated heterocycles. The minimum absolute atomic E-state index is 0. The molecule has 2 aliphatic carbocycles. The number of hydrogen-bond acceptors (Lipinski definition) is 3. The Balaban J connectivity index is 0.00000225. The van der Waals surface area contributed by atoms with E-state index in [1.807, 2.05) is 34.3 Å². The van der Waals surface area contributed by atoms with Crippen molar-refractivity contribution >= 4 is 5.57 Å². The summed E-state index contributed by atoms with van der Waals surface area (Å²) in [6.07, 6.45) is 19.7. The number of pyridine rings is 1. The third-order valence-electron chi connectivity index (χ3n) is 5.53. The Kier molecular flexibility index (Phi) is 7.26. The van der Waals surface area contributed by atoms with Gasteiger partial charge < -0.3 is 39.1 Å². The summed E-state index contributed by atoms with van der Waals surface area (Å²) in [5, 5.41) is 18.2. The van der Waals surface area contributed by atoms with Gasteiger partial charge >= 0.3 is 0 Å². The summed E-state index contributed by atoms with van der Waals surface area (Å²) in [7, 11) is 0. The number of hydrogen-bond donors (Lipinski definition) is 2. The summed E-state index contributed by atoms with van der Waals surface area (Å²) in [4.78, 5) is 2.01. The largest absolute Gasteiger partial charge is 1.00 e. The first-order valence-corrected chi connectivity index (χ1v) is 9.82. The van der Waals surface area contributed by atoms with Gasteiger partial charge in [0.25, 0.3) is 0 Å². The van der Waals surface area contributed by atoms with E-state index in [0.29, 0.717) is 13.1 Å². The lowest BCUT2D eigenvalue weighted by Crippen LogP contribution is -3.00. The van der Waals surface area contributed by atoms with Crippen LogP contribution in [0.1, 0.15) is 31.2 Å². The van der Waals surface area contributed by atoms with Crippen molar-refractivity contribution in [3.05, 3.63) is 83.0 Å². The number of rotatable bonds is 5. The van der Waals surface area contributed by atoms with Crippen LogP contribution in [0.3, 0.4) is 0 Å². The molecule has 4 rings (SSSR count). The third-order valence-corrected chi connectivity index (χ3v) is 5.53. The van der Waals surface area contributed by atoms with Gasteiger partial charge in [0, 0.05) is 31.1 Å². The van der Waals surface area contributed by atoms with Crippen LogP contribution >= 0.6 is 0 Å². The Morgan fingerprint density at radius 1 is 0.929 bits per heavy atom. The van der Waals surface area contributed by atoms with Crippen LogP contribution in [0.2, 0.25) is 0 Å². The SMILES string of the molecule is OCCN1C=CC(=C2C=C(c3cc[n+](CCO)cc3)C3=C2CCCC3)C=C1.[I-]. The topological polar surface area (TPSA) is 47.6 Å². The smallest absolute Gasteiger partial charge is 0.171 e. The average molecular weight is 490 g/mol. The first-order chi connectivity index (χ1) is 13.3. The minimum Gasteiger partial charge on any atom is -1.00 e. The Labute approximate surface area is 183 Å². The standard InChI is InChI=1S/C23H27N2O2.HI/c26-15-13-24-9-5-18(6-10-24)22-17-23(21-4-2-1-3-20(21)22)19-7-11-25(12-8-19)14-16-27;/h5-12,17,26-27H,1-4,13-16H2;1H/q+1;/p-1. The van der Waals surface area contributed by atoms with Gasteiger partial charge in [-0.3, -0.25) is 0 Å². The molecular weight excluding hydrogens is 463 g/mol. The quantitative estimate of drug-likeness (QED) is 0.447. The lowest BCUT2D eigenvalue weighted by atomic mass is 9.87. The first kappa shape index (κ1) is 21.0. The van der Waals surface area contributed by atoms with Crippen LogP contribution < -0.4 is 28.5 Å². The minimum atomic E-state index is 0. The molecule has 0 amide bonds. The van der Waals surface area contributed by atoms with E-state index < -0.39 is 0 Å². The normalized spacial score (nSPS) is 18.4. The van der Waals surface area contributed by atoms with Crippen LogP contribution in [0.5, 0.6) is 0 Å². The van der Waals surface area contributed by atoms with Crippen LogP contribution in [0, 0.1) is 0 Å². The Morgan fingerprint density at radius 3 is 2.25 bits per heavy atom. The van der Waals surface area contributed by atoms with Crippen molar-refractivity contribution in [1.29, 1.82) is 0 Å². The summed E-state index contributed by atoms with van der Waals surface area (Å²) in [6.45, 7) is 1.57. The molecule has 3 aliphatic rings. The van der Waals surface area contributed by atoms with Crippen LogP contribution in [0.25, 0.3) is 5.57 Å². The Morgan fingerprint density at radius 2 is 1.61 bits per heavy atom. The predicted octanol–water partition coefficient (Wildman–Crippen LogP) is -0.130. The molecule has 0 fully saturated rings. The first-order valence-electron chi connectivity index (χ1n) is 9.82. The second-order valence-corrected chi connectivity index (χ2v) is 7.23. The summed E-state index contributed by atoms with van der Waals surface area (Å²) in [5.41, 5.74) is 8.21. The van der Waals surface area contributed by atoms with Crippen molar-refractivity contribution in [3.63, 3.8) is 0 Å². The van der Waals surface area contributed by atoms with E-state index >= 15 is 0 Å². The van der Waals surface area contributed by atoms with Crippen molar-refractivity contribution in [3.8, 4) is 0 Å². The fourth-order valence-corrected chi connectivity index (χ4v) is 4.14. The van der Waals surface area contributed by atoms with Gasteiger partial charge in [0.2, 0.25) is 0 Å². The summed E-state index contributed by atoms with van der Waals surface area (Å²) in [5.74, 6) is 0. The van der Waals surface area contributed by atoms with Gasteiger partial charge in [-0.15, -0.1) is 0 Å². The van der Waals surface area contributed by atoms with Crippen molar-refractivity contribution in [2.24, 2.45) is 0 Å². The summed E-state index contributed by atoms with van der Waals surface area (Å²) < 4.78 is 2.01. The zero-order valence-corrected chi connectivity index (χ0v) is 18.2. The van der Waals surface area contributed by atoms with Crippen LogP contribution in [-0.4, -0.2) is 34.9 Å². The highest BCUT2D eigenvalue weighted by Gasteiger charge is 2.26. The molecule has 5 heteroatoms. The van der Waals surface area contributed by atoms with E-state index in [9.17, 15) is 0 Å². The van der Waals surface area contributed by atoms with Gasteiger partial charge in [-0.2, -0.15) is 0 Å². The number of halogens is 1. The summed E-state index contributed by atoms with van der Waals surface area (Å²) in [6, 6.07) is 4.31. The van der Waals surface area contributed by atoms with E-state index in [1.54, 1.807) is 0 Å². The molecule has 0 aromatic carbocycles. The second-order valence-electron chi connectivity index (χ2n) is 7.23. The molecule has 4 nitrogen and oxygen atoms in total. The third kappa shape index (κ3) is 4.31. The van der Waals surface area contributed by atoms with Crippen LogP contribution in [0.4, 0.5) is 0 Å². The zero-order chi connectivity index (χ0) is 18.6. The highest BCUT2D eigenvalue weighted by atomic mass is 127. The van der Waals surface area contributed by atoms with Gasteiger partial charge in [0.15, 0.2) is 18.9 Å². The van der Waals surface area contributed by atoms with Crippen LogP contribution in [-0.2, 0) is 6.54 Å². The molecule has 1 aliphatic heterocycles. The molecule has 28 heavy (non-hydrogen) atoms. The average Bonchev–Trinajstić information content (AvgIpc) is 3.10. The number of nitrogens with zero attached hydrogens (tertiary/aromatic N) is 2. The van der Waals surface area contributed by atoms with Gasteiger partial charge in [-0.1, -0.05) is 0 Å². The van der Waals surface area contributed by atoms with Gasteiger partial charge in [-0.05, 0) is 77.3 Å². The van der Waals surface area contributed by atoms with Gasteiger partial charge in [0.1, 0.15) is 6.61 Å². The number of aliphatic hydroxyl groups excluding tert-OH is 2. The molecule has 0 unspecified atom stereocenters. The van der Waals surface area contributed by atoms with E-state index in [0.717, 1.165) is 12.8 Å². The summed E-state index contributed by atoms with van der Waals surface area (Å²) >= 11 is 0. The fraction of sp³-hybridized carbons (Fsp3) is 0.348. The molecule has 2 N–H and O–H groups in total. The maximum Gasteiger partial charge on any atom is 0.171 e. The maximum absolute atomic E-state index is 9.11. The van der Waals surface area contributed by atoms with Crippen LogP contribution in [0.15, 0.2) is 77.4 Å². The fourth-order valence-electron chi connectivity index (χ4n) is 4.14. The van der Waals surface area contributed by atoms with Crippen molar-refractivity contribution in [2.45, 2.75) is 32.2 Å². The molecule has 0 radical (unpaired) electrons. The molecule has 2 heterocycles. The van der Waals surface area contributed by atoms with Crippen molar-refractivity contribution in [2.75, 3.05) is 19.8 Å². The Hall–Kier alpha value is -1.70. The lowest BCUT2D eigenvalue weighted by molar-refractivity contribution is -0.698. The Bertz CT molecular complexity index is 847. The molecule has 0 atom stereocenters. The van der Waals surface area contributed by atoms with E-state index in [2.05, 4.69) is 30.4 Å². The monoisotopic (exact) mass is 490 g/mol. The highest BCUT2D eigenvalue weighted by Crippen LogP contribution is 2.45. The molecule has 0 spiro atoms. The molecule has 0 saturated carbocycles. The number of β-amino-alcohol motifs (C(OH)–C–C–N with tert-alkyl or cyclic N) is 1. The molecule has 0 bridgehead atoms. The number of aromatic nitrogens is 1.